The Kier molecular flexibility index (Phi) is 4.97. The fourth-order valence-electron chi connectivity index (χ4n) is 3.15. The highest BCUT2D eigenvalue weighted by Crippen LogP contribution is 2.34. The molecule has 0 saturated heterocycles. The molecule has 2 unspecified atom stereocenters. The van der Waals surface area contributed by atoms with Crippen LogP contribution < -0.4 is 4.90 Å². The van der Waals surface area contributed by atoms with Gasteiger partial charge in [-0.05, 0) is 37.1 Å². The summed E-state index contributed by atoms with van der Waals surface area (Å²) in [6, 6.07) is 6.22. The SMILES string of the molecule is CSc1cccc(N(C)C2CCCC(C)C2)c1C(=O)O. The lowest BCUT2D eigenvalue weighted by molar-refractivity contribution is 0.0693. The van der Waals surface area contributed by atoms with Gasteiger partial charge in [-0.1, -0.05) is 25.8 Å². The number of benzene rings is 1. The summed E-state index contributed by atoms with van der Waals surface area (Å²) in [5, 5.41) is 9.54. The first-order valence-corrected chi connectivity index (χ1v) is 8.40. The summed E-state index contributed by atoms with van der Waals surface area (Å²) in [6.07, 6.45) is 6.76. The molecule has 0 heterocycles. The number of carbonyl (C=O) groups is 1. The predicted molar refractivity (Wildman–Crippen MR) is 85.0 cm³/mol. The number of carboxylic acids is 1. The van der Waals surface area contributed by atoms with Crippen LogP contribution in [0.4, 0.5) is 5.69 Å². The van der Waals surface area contributed by atoms with Gasteiger partial charge in [0.25, 0.3) is 0 Å². The summed E-state index contributed by atoms with van der Waals surface area (Å²) >= 11 is 1.50. The van der Waals surface area contributed by atoms with Crippen LogP contribution in [0.5, 0.6) is 0 Å². The Morgan fingerprint density at radius 3 is 2.75 bits per heavy atom. The van der Waals surface area contributed by atoms with Gasteiger partial charge in [-0.3, -0.25) is 0 Å². The van der Waals surface area contributed by atoms with E-state index in [2.05, 4.69) is 11.8 Å². The molecule has 20 heavy (non-hydrogen) atoms. The number of aromatic carboxylic acids is 1. The highest BCUT2D eigenvalue weighted by Gasteiger charge is 2.26. The van der Waals surface area contributed by atoms with Crippen LogP contribution in [0, 0.1) is 5.92 Å². The van der Waals surface area contributed by atoms with Crippen molar-refractivity contribution in [1.29, 1.82) is 0 Å². The van der Waals surface area contributed by atoms with Gasteiger partial charge in [0.1, 0.15) is 0 Å². The van der Waals surface area contributed by atoms with Crippen LogP contribution in [-0.2, 0) is 0 Å². The summed E-state index contributed by atoms with van der Waals surface area (Å²) in [6.45, 7) is 2.29. The van der Waals surface area contributed by atoms with Crippen LogP contribution in [0.25, 0.3) is 0 Å². The molecule has 3 nitrogen and oxygen atoms in total. The molecule has 1 aromatic rings. The summed E-state index contributed by atoms with van der Waals surface area (Å²) in [4.78, 5) is 14.6. The number of anilines is 1. The number of thioether (sulfide) groups is 1. The Morgan fingerprint density at radius 1 is 1.40 bits per heavy atom. The van der Waals surface area contributed by atoms with Crippen LogP contribution >= 0.6 is 11.8 Å². The molecular weight excluding hydrogens is 270 g/mol. The molecule has 2 rings (SSSR count). The summed E-state index contributed by atoms with van der Waals surface area (Å²) in [5.74, 6) is -0.103. The van der Waals surface area contributed by atoms with Gasteiger partial charge in [0.05, 0.1) is 11.3 Å². The van der Waals surface area contributed by atoms with Gasteiger partial charge >= 0.3 is 5.97 Å². The molecule has 110 valence electrons. The minimum Gasteiger partial charge on any atom is -0.478 e. The Morgan fingerprint density at radius 2 is 2.15 bits per heavy atom. The topological polar surface area (TPSA) is 40.5 Å². The van der Waals surface area contributed by atoms with E-state index in [0.717, 1.165) is 29.3 Å². The quantitative estimate of drug-likeness (QED) is 0.848. The van der Waals surface area contributed by atoms with E-state index < -0.39 is 5.97 Å². The molecule has 0 radical (unpaired) electrons. The van der Waals surface area contributed by atoms with Crippen molar-refractivity contribution in [3.8, 4) is 0 Å². The molecule has 1 aliphatic rings. The first-order valence-electron chi connectivity index (χ1n) is 7.17. The number of hydrogen-bond donors (Lipinski definition) is 1. The second-order valence-electron chi connectivity index (χ2n) is 5.70. The van der Waals surface area contributed by atoms with Crippen LogP contribution in [0.3, 0.4) is 0 Å². The number of rotatable bonds is 4. The van der Waals surface area contributed by atoms with Crippen molar-refractivity contribution in [1.82, 2.24) is 0 Å². The molecule has 1 N–H and O–H groups in total. The molecule has 0 bridgehead atoms. The van der Waals surface area contributed by atoms with Crippen LogP contribution in [0.2, 0.25) is 0 Å². The maximum absolute atomic E-state index is 11.6. The molecule has 4 heteroatoms. The summed E-state index contributed by atoms with van der Waals surface area (Å²) < 4.78 is 0. The normalized spacial score (nSPS) is 22.6. The van der Waals surface area contributed by atoms with E-state index in [0.29, 0.717) is 11.6 Å². The van der Waals surface area contributed by atoms with Crippen LogP contribution in [0.1, 0.15) is 43.0 Å². The third-order valence-electron chi connectivity index (χ3n) is 4.27. The van der Waals surface area contributed by atoms with Crippen molar-refractivity contribution in [2.45, 2.75) is 43.5 Å². The lowest BCUT2D eigenvalue weighted by Crippen LogP contribution is -2.36. The largest absolute Gasteiger partial charge is 0.478 e. The van der Waals surface area contributed by atoms with E-state index in [9.17, 15) is 9.90 Å². The standard InChI is InChI=1S/C16H23NO2S/c1-11-6-4-7-12(10-11)17(2)13-8-5-9-14(20-3)15(13)16(18)19/h5,8-9,11-12H,4,6-7,10H2,1-3H3,(H,18,19). The number of nitrogens with zero attached hydrogens (tertiary/aromatic N) is 1. The molecule has 0 spiro atoms. The van der Waals surface area contributed by atoms with Gasteiger partial charge in [-0.15, -0.1) is 11.8 Å². The fourth-order valence-corrected chi connectivity index (χ4v) is 3.76. The van der Waals surface area contributed by atoms with Gasteiger partial charge < -0.3 is 10.0 Å². The van der Waals surface area contributed by atoms with Gasteiger partial charge in [-0.25, -0.2) is 4.79 Å². The number of hydrogen-bond acceptors (Lipinski definition) is 3. The zero-order valence-corrected chi connectivity index (χ0v) is 13.2. The van der Waals surface area contributed by atoms with E-state index in [1.807, 2.05) is 31.5 Å². The van der Waals surface area contributed by atoms with E-state index in [4.69, 9.17) is 0 Å². The highest BCUT2D eigenvalue weighted by atomic mass is 32.2. The monoisotopic (exact) mass is 293 g/mol. The molecule has 0 amide bonds. The lowest BCUT2D eigenvalue weighted by atomic mass is 9.86. The molecule has 1 aromatic carbocycles. The zero-order chi connectivity index (χ0) is 14.7. The third kappa shape index (κ3) is 3.11. The van der Waals surface area contributed by atoms with Crippen LogP contribution in [-0.4, -0.2) is 30.4 Å². The lowest BCUT2D eigenvalue weighted by Gasteiger charge is -2.36. The fraction of sp³-hybridized carbons (Fsp3) is 0.562. The molecule has 0 aliphatic heterocycles. The highest BCUT2D eigenvalue weighted by molar-refractivity contribution is 7.98. The zero-order valence-electron chi connectivity index (χ0n) is 12.4. The second-order valence-corrected chi connectivity index (χ2v) is 6.54. The molecule has 0 aromatic heterocycles. The average molecular weight is 293 g/mol. The first-order chi connectivity index (χ1) is 9.54. The predicted octanol–water partition coefficient (Wildman–Crippen LogP) is 4.12. The van der Waals surface area contributed by atoms with E-state index >= 15 is 0 Å². The van der Waals surface area contributed by atoms with Crippen molar-refractivity contribution >= 4 is 23.4 Å². The third-order valence-corrected chi connectivity index (χ3v) is 5.05. The van der Waals surface area contributed by atoms with Gasteiger partial charge in [0, 0.05) is 18.0 Å². The van der Waals surface area contributed by atoms with Gasteiger partial charge in [0.2, 0.25) is 0 Å². The Balaban J connectivity index is 2.33. The molecular formula is C16H23NO2S. The van der Waals surface area contributed by atoms with Gasteiger partial charge in [-0.2, -0.15) is 0 Å². The summed E-state index contributed by atoms with van der Waals surface area (Å²) in [7, 11) is 2.04. The van der Waals surface area contributed by atoms with Crippen molar-refractivity contribution in [3.63, 3.8) is 0 Å². The van der Waals surface area contributed by atoms with Crippen molar-refractivity contribution < 1.29 is 9.90 Å². The van der Waals surface area contributed by atoms with Crippen molar-refractivity contribution in [2.24, 2.45) is 5.92 Å². The van der Waals surface area contributed by atoms with Gasteiger partial charge in [0.15, 0.2) is 0 Å². The molecule has 1 saturated carbocycles. The minimum atomic E-state index is -0.833. The van der Waals surface area contributed by atoms with E-state index in [1.165, 1.54) is 24.6 Å². The Hall–Kier alpha value is -1.16. The second kappa shape index (κ2) is 6.53. The number of carboxylic acid groups (broad SMARTS) is 1. The maximum atomic E-state index is 11.6. The Labute approximate surface area is 125 Å². The van der Waals surface area contributed by atoms with E-state index in [1.54, 1.807) is 0 Å². The van der Waals surface area contributed by atoms with Crippen LogP contribution in [0.15, 0.2) is 23.1 Å². The van der Waals surface area contributed by atoms with Crippen molar-refractivity contribution in [3.05, 3.63) is 23.8 Å². The summed E-state index contributed by atoms with van der Waals surface area (Å²) in [5.41, 5.74) is 1.30. The first kappa shape index (κ1) is 15.2. The molecule has 2 atom stereocenters. The molecule has 1 aliphatic carbocycles. The van der Waals surface area contributed by atoms with Crippen molar-refractivity contribution in [2.75, 3.05) is 18.2 Å². The Bertz CT molecular complexity index is 489. The maximum Gasteiger partial charge on any atom is 0.338 e. The average Bonchev–Trinajstić information content (AvgIpc) is 2.45. The van der Waals surface area contributed by atoms with E-state index in [-0.39, 0.29) is 0 Å². The smallest absolute Gasteiger partial charge is 0.338 e. The molecule has 1 fully saturated rings. The minimum absolute atomic E-state index is 0.445.